The minimum absolute atomic E-state index is 0.161. The van der Waals surface area contributed by atoms with Gasteiger partial charge in [-0.25, -0.2) is 4.21 Å². The van der Waals surface area contributed by atoms with Crippen LogP contribution in [-0.4, -0.2) is 21.8 Å². The van der Waals surface area contributed by atoms with Crippen LogP contribution < -0.4 is 4.74 Å². The SMILES string of the molecule is COc1ccc(COCS(=O)O)c(C)c1. The fourth-order valence-electron chi connectivity index (χ4n) is 1.18. The summed E-state index contributed by atoms with van der Waals surface area (Å²) in [6.07, 6.45) is 0. The van der Waals surface area contributed by atoms with E-state index in [-0.39, 0.29) is 5.94 Å². The number of hydrogen-bond donors (Lipinski definition) is 1. The van der Waals surface area contributed by atoms with E-state index in [0.717, 1.165) is 16.9 Å². The Morgan fingerprint density at radius 2 is 2.20 bits per heavy atom. The smallest absolute Gasteiger partial charge is 0.179 e. The van der Waals surface area contributed by atoms with Gasteiger partial charge in [0.2, 0.25) is 0 Å². The maximum Gasteiger partial charge on any atom is 0.179 e. The molecule has 5 heteroatoms. The van der Waals surface area contributed by atoms with Crippen molar-refractivity contribution >= 4 is 11.1 Å². The van der Waals surface area contributed by atoms with Crippen molar-refractivity contribution in [1.82, 2.24) is 0 Å². The van der Waals surface area contributed by atoms with Crippen molar-refractivity contribution in [1.29, 1.82) is 0 Å². The molecule has 0 aromatic heterocycles. The Labute approximate surface area is 91.5 Å². The lowest BCUT2D eigenvalue weighted by Gasteiger charge is -2.07. The lowest BCUT2D eigenvalue weighted by molar-refractivity contribution is 0.161. The minimum Gasteiger partial charge on any atom is -0.497 e. The molecule has 1 rings (SSSR count). The van der Waals surface area contributed by atoms with E-state index >= 15 is 0 Å². The summed E-state index contributed by atoms with van der Waals surface area (Å²) in [5, 5.41) is 0. The van der Waals surface area contributed by atoms with Crippen LogP contribution in [-0.2, 0) is 22.4 Å². The van der Waals surface area contributed by atoms with Gasteiger partial charge in [-0.05, 0) is 30.2 Å². The molecule has 84 valence electrons. The van der Waals surface area contributed by atoms with E-state index in [1.54, 1.807) is 7.11 Å². The Morgan fingerprint density at radius 1 is 1.47 bits per heavy atom. The molecule has 1 aromatic rings. The van der Waals surface area contributed by atoms with E-state index in [9.17, 15) is 4.21 Å². The van der Waals surface area contributed by atoms with Crippen LogP contribution in [0.5, 0.6) is 5.75 Å². The van der Waals surface area contributed by atoms with E-state index in [4.69, 9.17) is 14.0 Å². The van der Waals surface area contributed by atoms with Crippen molar-refractivity contribution in [3.63, 3.8) is 0 Å². The van der Waals surface area contributed by atoms with Crippen LogP contribution >= 0.6 is 0 Å². The van der Waals surface area contributed by atoms with Crippen molar-refractivity contribution in [3.05, 3.63) is 29.3 Å². The molecule has 4 nitrogen and oxygen atoms in total. The highest BCUT2D eigenvalue weighted by Gasteiger charge is 2.01. The van der Waals surface area contributed by atoms with Gasteiger partial charge < -0.3 is 14.0 Å². The molecule has 0 saturated heterocycles. The molecule has 0 heterocycles. The Morgan fingerprint density at radius 3 is 2.73 bits per heavy atom. The highest BCUT2D eigenvalue weighted by atomic mass is 32.2. The molecule has 0 saturated carbocycles. The average molecular weight is 230 g/mol. The van der Waals surface area contributed by atoms with Crippen LogP contribution in [0.2, 0.25) is 0 Å². The predicted molar refractivity (Wildman–Crippen MR) is 58.2 cm³/mol. The lowest BCUT2D eigenvalue weighted by Crippen LogP contribution is -2.02. The summed E-state index contributed by atoms with van der Waals surface area (Å²) in [4.78, 5) is 0. The van der Waals surface area contributed by atoms with Gasteiger partial charge in [0.1, 0.15) is 11.7 Å². The molecular formula is C10H14O4S. The third-order valence-corrected chi connectivity index (χ3v) is 2.36. The zero-order chi connectivity index (χ0) is 11.3. The van der Waals surface area contributed by atoms with Gasteiger partial charge in [-0.3, -0.25) is 0 Å². The number of ether oxygens (including phenoxy) is 2. The molecule has 1 N–H and O–H groups in total. The summed E-state index contributed by atoms with van der Waals surface area (Å²) in [5.41, 5.74) is 2.03. The maximum atomic E-state index is 10.3. The standard InChI is InChI=1S/C10H14O4S/c1-8-5-10(13-2)4-3-9(8)6-14-7-15(11)12/h3-5H,6-7H2,1-2H3,(H,11,12). The van der Waals surface area contributed by atoms with Crippen LogP contribution in [0, 0.1) is 6.92 Å². The monoisotopic (exact) mass is 230 g/mol. The summed E-state index contributed by atoms with van der Waals surface area (Å²) >= 11 is -1.90. The predicted octanol–water partition coefficient (Wildman–Crippen LogP) is 1.70. The zero-order valence-corrected chi connectivity index (χ0v) is 9.54. The molecular weight excluding hydrogens is 216 g/mol. The van der Waals surface area contributed by atoms with E-state index in [2.05, 4.69) is 0 Å². The van der Waals surface area contributed by atoms with Crippen LogP contribution in [0.15, 0.2) is 18.2 Å². The van der Waals surface area contributed by atoms with Crippen LogP contribution in [0.1, 0.15) is 11.1 Å². The van der Waals surface area contributed by atoms with Crippen molar-refractivity contribution < 1.29 is 18.2 Å². The first-order chi connectivity index (χ1) is 7.13. The molecule has 0 radical (unpaired) electrons. The summed E-state index contributed by atoms with van der Waals surface area (Å²) in [6, 6.07) is 5.62. The Kier molecular flexibility index (Phi) is 4.74. The molecule has 0 amide bonds. The molecule has 1 unspecified atom stereocenters. The van der Waals surface area contributed by atoms with Crippen molar-refractivity contribution in [2.75, 3.05) is 13.0 Å². The van der Waals surface area contributed by atoms with Gasteiger partial charge in [-0.15, -0.1) is 0 Å². The fourth-order valence-corrected chi connectivity index (χ4v) is 1.41. The molecule has 1 atom stereocenters. The van der Waals surface area contributed by atoms with Gasteiger partial charge in [0.15, 0.2) is 11.1 Å². The third kappa shape index (κ3) is 3.99. The van der Waals surface area contributed by atoms with Gasteiger partial charge in [0.25, 0.3) is 0 Å². The second-order valence-corrected chi connectivity index (χ2v) is 3.96. The van der Waals surface area contributed by atoms with E-state index in [1.807, 2.05) is 25.1 Å². The summed E-state index contributed by atoms with van der Waals surface area (Å²) < 4.78 is 29.0. The summed E-state index contributed by atoms with van der Waals surface area (Å²) in [5.74, 6) is 0.632. The molecule has 0 aliphatic rings. The number of methoxy groups -OCH3 is 1. The molecule has 1 aromatic carbocycles. The number of rotatable bonds is 5. The first kappa shape index (κ1) is 12.2. The second-order valence-electron chi connectivity index (χ2n) is 3.08. The van der Waals surface area contributed by atoms with E-state index in [1.165, 1.54) is 0 Å². The minimum atomic E-state index is -1.90. The van der Waals surface area contributed by atoms with Gasteiger partial charge in [-0.2, -0.15) is 0 Å². The summed E-state index contributed by atoms with van der Waals surface area (Å²) in [6.45, 7) is 2.28. The van der Waals surface area contributed by atoms with Gasteiger partial charge in [0, 0.05) is 0 Å². The quantitative estimate of drug-likeness (QED) is 0.782. The van der Waals surface area contributed by atoms with Crippen molar-refractivity contribution in [2.24, 2.45) is 0 Å². The number of aryl methyl sites for hydroxylation is 1. The fraction of sp³-hybridized carbons (Fsp3) is 0.400. The largest absolute Gasteiger partial charge is 0.497 e. The Balaban J connectivity index is 2.58. The molecule has 0 fully saturated rings. The average Bonchev–Trinajstić information content (AvgIpc) is 2.20. The first-order valence-corrected chi connectivity index (χ1v) is 5.70. The lowest BCUT2D eigenvalue weighted by atomic mass is 10.1. The van der Waals surface area contributed by atoms with Crippen LogP contribution in [0.25, 0.3) is 0 Å². The highest BCUT2D eigenvalue weighted by Crippen LogP contribution is 2.17. The van der Waals surface area contributed by atoms with Crippen molar-refractivity contribution in [3.8, 4) is 5.75 Å². The second kappa shape index (κ2) is 5.85. The molecule has 15 heavy (non-hydrogen) atoms. The summed E-state index contributed by atoms with van der Waals surface area (Å²) in [7, 11) is 1.61. The van der Waals surface area contributed by atoms with Crippen molar-refractivity contribution in [2.45, 2.75) is 13.5 Å². The molecule has 0 bridgehead atoms. The molecule has 0 spiro atoms. The van der Waals surface area contributed by atoms with Gasteiger partial charge in [0.05, 0.1) is 13.7 Å². The normalized spacial score (nSPS) is 12.5. The van der Waals surface area contributed by atoms with E-state index < -0.39 is 11.1 Å². The van der Waals surface area contributed by atoms with Crippen LogP contribution in [0.4, 0.5) is 0 Å². The third-order valence-electron chi connectivity index (χ3n) is 1.99. The van der Waals surface area contributed by atoms with E-state index in [0.29, 0.717) is 6.61 Å². The topological polar surface area (TPSA) is 55.8 Å². The highest BCUT2D eigenvalue weighted by molar-refractivity contribution is 7.79. The van der Waals surface area contributed by atoms with Gasteiger partial charge >= 0.3 is 0 Å². The Bertz CT molecular complexity index is 351. The number of hydrogen-bond acceptors (Lipinski definition) is 3. The first-order valence-electron chi connectivity index (χ1n) is 4.42. The van der Waals surface area contributed by atoms with Crippen LogP contribution in [0.3, 0.4) is 0 Å². The molecule has 0 aliphatic carbocycles. The zero-order valence-electron chi connectivity index (χ0n) is 8.73. The molecule has 0 aliphatic heterocycles. The Hall–Kier alpha value is -0.910. The maximum absolute atomic E-state index is 10.3. The number of benzene rings is 1. The van der Waals surface area contributed by atoms with Gasteiger partial charge in [-0.1, -0.05) is 6.07 Å².